The molecular weight excluding hydrogens is 283 g/mol. The Kier molecular flexibility index (Phi) is 3.64. The first-order valence-corrected chi connectivity index (χ1v) is 5.98. The van der Waals surface area contributed by atoms with E-state index < -0.39 is 0 Å². The van der Waals surface area contributed by atoms with Gasteiger partial charge in [-0.25, -0.2) is 4.39 Å². The molecule has 0 aliphatic rings. The number of anilines is 2. The van der Waals surface area contributed by atoms with Crippen LogP contribution < -0.4 is 11.1 Å². The number of benzene rings is 2. The normalized spacial score (nSPS) is 10.2. The SMILES string of the molecule is Nc1ccc(Br)cc1NCc1ccc(F)cc1. The zero-order chi connectivity index (χ0) is 12.3. The van der Waals surface area contributed by atoms with Gasteiger partial charge in [0.2, 0.25) is 0 Å². The summed E-state index contributed by atoms with van der Waals surface area (Å²) in [7, 11) is 0. The van der Waals surface area contributed by atoms with Crippen LogP contribution in [0, 0.1) is 5.82 Å². The Labute approximate surface area is 108 Å². The number of rotatable bonds is 3. The number of nitrogens with one attached hydrogen (secondary N) is 1. The van der Waals surface area contributed by atoms with Gasteiger partial charge in [-0.15, -0.1) is 0 Å². The number of nitrogens with two attached hydrogens (primary N) is 1. The monoisotopic (exact) mass is 294 g/mol. The molecule has 2 nitrogen and oxygen atoms in total. The number of hydrogen-bond donors (Lipinski definition) is 2. The summed E-state index contributed by atoms with van der Waals surface area (Å²) in [4.78, 5) is 0. The smallest absolute Gasteiger partial charge is 0.123 e. The van der Waals surface area contributed by atoms with E-state index in [9.17, 15) is 4.39 Å². The van der Waals surface area contributed by atoms with Crippen LogP contribution in [0.5, 0.6) is 0 Å². The van der Waals surface area contributed by atoms with Crippen molar-refractivity contribution in [1.82, 2.24) is 0 Å². The van der Waals surface area contributed by atoms with Crippen LogP contribution in [0.1, 0.15) is 5.56 Å². The molecule has 0 heterocycles. The molecule has 2 rings (SSSR count). The topological polar surface area (TPSA) is 38.0 Å². The molecule has 2 aromatic carbocycles. The van der Waals surface area contributed by atoms with Crippen LogP contribution in [-0.4, -0.2) is 0 Å². The van der Waals surface area contributed by atoms with Gasteiger partial charge in [0, 0.05) is 11.0 Å². The van der Waals surface area contributed by atoms with E-state index in [1.807, 2.05) is 18.2 Å². The highest BCUT2D eigenvalue weighted by Crippen LogP contribution is 2.23. The molecule has 0 aliphatic carbocycles. The van der Waals surface area contributed by atoms with E-state index in [2.05, 4.69) is 21.2 Å². The highest BCUT2D eigenvalue weighted by atomic mass is 79.9. The van der Waals surface area contributed by atoms with Gasteiger partial charge in [0.05, 0.1) is 11.4 Å². The Balaban J connectivity index is 2.07. The predicted octanol–water partition coefficient (Wildman–Crippen LogP) is 3.78. The third-order valence-electron chi connectivity index (χ3n) is 2.41. The summed E-state index contributed by atoms with van der Waals surface area (Å²) in [6.07, 6.45) is 0. The second kappa shape index (κ2) is 5.19. The van der Waals surface area contributed by atoms with Gasteiger partial charge in [0.1, 0.15) is 5.82 Å². The molecule has 0 aromatic heterocycles. The van der Waals surface area contributed by atoms with Gasteiger partial charge in [0.15, 0.2) is 0 Å². The summed E-state index contributed by atoms with van der Waals surface area (Å²) in [5.41, 5.74) is 8.39. The van der Waals surface area contributed by atoms with E-state index in [0.29, 0.717) is 12.2 Å². The van der Waals surface area contributed by atoms with E-state index in [1.165, 1.54) is 12.1 Å². The quantitative estimate of drug-likeness (QED) is 0.846. The molecule has 3 N–H and O–H groups in total. The molecule has 0 spiro atoms. The molecule has 0 radical (unpaired) electrons. The van der Waals surface area contributed by atoms with Crippen molar-refractivity contribution in [3.8, 4) is 0 Å². The lowest BCUT2D eigenvalue weighted by Gasteiger charge is -2.09. The standard InChI is InChI=1S/C13H12BrFN2/c14-10-3-6-12(16)13(7-10)17-8-9-1-4-11(15)5-2-9/h1-7,17H,8,16H2. The summed E-state index contributed by atoms with van der Waals surface area (Å²) in [6, 6.07) is 12.0. The minimum atomic E-state index is -0.226. The van der Waals surface area contributed by atoms with Gasteiger partial charge in [-0.1, -0.05) is 28.1 Å². The number of hydrogen-bond acceptors (Lipinski definition) is 2. The van der Waals surface area contributed by atoms with Crippen LogP contribution in [-0.2, 0) is 6.54 Å². The van der Waals surface area contributed by atoms with E-state index in [1.54, 1.807) is 12.1 Å². The summed E-state index contributed by atoms with van der Waals surface area (Å²) in [5.74, 6) is -0.226. The molecule has 17 heavy (non-hydrogen) atoms. The summed E-state index contributed by atoms with van der Waals surface area (Å²) < 4.78 is 13.7. The molecule has 0 saturated carbocycles. The average molecular weight is 295 g/mol. The lowest BCUT2D eigenvalue weighted by atomic mass is 10.2. The molecule has 0 unspecified atom stereocenters. The Bertz CT molecular complexity index is 511. The number of halogens is 2. The molecule has 4 heteroatoms. The number of nitrogen functional groups attached to an aromatic ring is 1. The molecule has 2 aromatic rings. The fourth-order valence-corrected chi connectivity index (χ4v) is 1.84. The van der Waals surface area contributed by atoms with Crippen LogP contribution in [0.2, 0.25) is 0 Å². The largest absolute Gasteiger partial charge is 0.397 e. The molecule has 0 bridgehead atoms. The van der Waals surface area contributed by atoms with Crippen molar-refractivity contribution >= 4 is 27.3 Å². The fourth-order valence-electron chi connectivity index (χ4n) is 1.48. The molecule has 88 valence electrons. The summed E-state index contributed by atoms with van der Waals surface area (Å²) in [5, 5.41) is 3.21. The predicted molar refractivity (Wildman–Crippen MR) is 72.3 cm³/mol. The fraction of sp³-hybridized carbons (Fsp3) is 0.0769. The maximum absolute atomic E-state index is 12.7. The van der Waals surface area contributed by atoms with Crippen LogP contribution in [0.25, 0.3) is 0 Å². The average Bonchev–Trinajstić information content (AvgIpc) is 2.32. The van der Waals surface area contributed by atoms with Crippen molar-refractivity contribution < 1.29 is 4.39 Å². The Morgan fingerprint density at radius 1 is 1.12 bits per heavy atom. The lowest BCUT2D eigenvalue weighted by molar-refractivity contribution is 0.627. The Hall–Kier alpha value is -1.55. The molecule has 0 atom stereocenters. The van der Waals surface area contributed by atoms with E-state index in [0.717, 1.165) is 15.7 Å². The zero-order valence-electron chi connectivity index (χ0n) is 9.08. The van der Waals surface area contributed by atoms with Crippen LogP contribution in [0.4, 0.5) is 15.8 Å². The molecule has 0 amide bonds. The Morgan fingerprint density at radius 3 is 2.53 bits per heavy atom. The second-order valence-electron chi connectivity index (χ2n) is 3.71. The highest BCUT2D eigenvalue weighted by Gasteiger charge is 2.00. The Morgan fingerprint density at radius 2 is 1.82 bits per heavy atom. The summed E-state index contributed by atoms with van der Waals surface area (Å²) >= 11 is 3.39. The van der Waals surface area contributed by atoms with Gasteiger partial charge < -0.3 is 11.1 Å². The van der Waals surface area contributed by atoms with Gasteiger partial charge >= 0.3 is 0 Å². The molecule has 0 aliphatic heterocycles. The first-order valence-electron chi connectivity index (χ1n) is 5.18. The molecule has 0 saturated heterocycles. The van der Waals surface area contributed by atoms with Crippen LogP contribution in [0.15, 0.2) is 46.9 Å². The lowest BCUT2D eigenvalue weighted by Crippen LogP contribution is -2.02. The molecular formula is C13H12BrFN2. The maximum Gasteiger partial charge on any atom is 0.123 e. The summed E-state index contributed by atoms with van der Waals surface area (Å²) in [6.45, 7) is 0.612. The van der Waals surface area contributed by atoms with Crippen LogP contribution >= 0.6 is 15.9 Å². The minimum Gasteiger partial charge on any atom is -0.397 e. The zero-order valence-corrected chi connectivity index (χ0v) is 10.7. The maximum atomic E-state index is 12.7. The molecule has 0 fully saturated rings. The van der Waals surface area contributed by atoms with E-state index >= 15 is 0 Å². The van der Waals surface area contributed by atoms with Gasteiger partial charge in [0.25, 0.3) is 0 Å². The van der Waals surface area contributed by atoms with Gasteiger partial charge in [-0.2, -0.15) is 0 Å². The minimum absolute atomic E-state index is 0.226. The second-order valence-corrected chi connectivity index (χ2v) is 4.63. The van der Waals surface area contributed by atoms with Gasteiger partial charge in [-0.05, 0) is 35.9 Å². The first-order chi connectivity index (χ1) is 8.15. The van der Waals surface area contributed by atoms with Crippen molar-refractivity contribution in [1.29, 1.82) is 0 Å². The third-order valence-corrected chi connectivity index (χ3v) is 2.90. The van der Waals surface area contributed by atoms with Crippen molar-refractivity contribution in [3.05, 3.63) is 58.3 Å². The van der Waals surface area contributed by atoms with E-state index in [4.69, 9.17) is 5.73 Å². The first kappa shape index (κ1) is 11.9. The van der Waals surface area contributed by atoms with Crippen LogP contribution in [0.3, 0.4) is 0 Å². The van der Waals surface area contributed by atoms with E-state index in [-0.39, 0.29) is 5.82 Å². The highest BCUT2D eigenvalue weighted by molar-refractivity contribution is 9.10. The van der Waals surface area contributed by atoms with Crippen molar-refractivity contribution in [3.63, 3.8) is 0 Å². The third kappa shape index (κ3) is 3.20. The van der Waals surface area contributed by atoms with Crippen molar-refractivity contribution in [2.75, 3.05) is 11.1 Å². The van der Waals surface area contributed by atoms with Gasteiger partial charge in [-0.3, -0.25) is 0 Å². The van der Waals surface area contributed by atoms with Crippen molar-refractivity contribution in [2.24, 2.45) is 0 Å². The van der Waals surface area contributed by atoms with Crippen molar-refractivity contribution in [2.45, 2.75) is 6.54 Å².